The van der Waals surface area contributed by atoms with Crippen molar-refractivity contribution >= 4 is 50.5 Å². The number of halogens is 1. The van der Waals surface area contributed by atoms with Gasteiger partial charge in [0, 0.05) is 34.7 Å². The zero-order chi connectivity index (χ0) is 23.4. The fourth-order valence-corrected chi connectivity index (χ4v) is 5.94. The van der Waals surface area contributed by atoms with Crippen molar-refractivity contribution in [3.05, 3.63) is 58.2 Å². The third-order valence-corrected chi connectivity index (χ3v) is 7.59. The van der Waals surface area contributed by atoms with Crippen LogP contribution in [0.4, 0.5) is 0 Å². The minimum Gasteiger partial charge on any atom is -0.462 e. The predicted octanol–water partition coefficient (Wildman–Crippen LogP) is 7.30. The van der Waals surface area contributed by atoms with Crippen LogP contribution >= 0.6 is 27.7 Å². The molecule has 1 saturated carbocycles. The fraction of sp³-hybridized carbons (Fsp3) is 0.385. The van der Waals surface area contributed by atoms with Crippen LogP contribution in [0, 0.1) is 0 Å². The Morgan fingerprint density at radius 3 is 2.52 bits per heavy atom. The van der Waals surface area contributed by atoms with E-state index in [0.29, 0.717) is 34.2 Å². The van der Waals surface area contributed by atoms with Crippen molar-refractivity contribution in [3.8, 4) is 5.75 Å². The van der Waals surface area contributed by atoms with Gasteiger partial charge in [-0.25, -0.2) is 4.79 Å². The van der Waals surface area contributed by atoms with E-state index in [1.165, 1.54) is 26.2 Å². The van der Waals surface area contributed by atoms with Crippen LogP contribution in [0.3, 0.4) is 0 Å². The molecule has 1 heterocycles. The fourth-order valence-electron chi connectivity index (χ4n) is 4.59. The molecule has 4 rings (SSSR count). The van der Waals surface area contributed by atoms with E-state index in [2.05, 4.69) is 32.6 Å². The van der Waals surface area contributed by atoms with Gasteiger partial charge in [-0.1, -0.05) is 37.5 Å². The summed E-state index contributed by atoms with van der Waals surface area (Å²) < 4.78 is 14.0. The van der Waals surface area contributed by atoms with Gasteiger partial charge < -0.3 is 14.0 Å². The van der Waals surface area contributed by atoms with Crippen molar-refractivity contribution in [1.29, 1.82) is 0 Å². The van der Waals surface area contributed by atoms with E-state index < -0.39 is 5.97 Å². The molecule has 0 spiro atoms. The first-order valence-electron chi connectivity index (χ1n) is 11.4. The summed E-state index contributed by atoms with van der Waals surface area (Å²) in [7, 11) is 0. The average molecular weight is 530 g/mol. The molecule has 1 aliphatic rings. The Hall–Kier alpha value is -2.25. The van der Waals surface area contributed by atoms with E-state index in [-0.39, 0.29) is 5.97 Å². The van der Waals surface area contributed by atoms with Crippen molar-refractivity contribution in [1.82, 2.24) is 4.57 Å². The number of fused-ring (bicyclic) bond motifs is 1. The van der Waals surface area contributed by atoms with Crippen LogP contribution in [0.15, 0.2) is 51.8 Å². The van der Waals surface area contributed by atoms with Crippen LogP contribution in [-0.4, -0.2) is 23.1 Å². The summed E-state index contributed by atoms with van der Waals surface area (Å²) in [6.45, 7) is 3.49. The number of nitrogens with zero attached hydrogens (tertiary/aromatic N) is 1. The second-order valence-corrected chi connectivity index (χ2v) is 10.1. The molecule has 0 unspecified atom stereocenters. The zero-order valence-corrected chi connectivity index (χ0v) is 21.3. The summed E-state index contributed by atoms with van der Waals surface area (Å²) in [5.41, 5.74) is 2.51. The number of esters is 2. The summed E-state index contributed by atoms with van der Waals surface area (Å²) in [6, 6.07) is 14.3. The monoisotopic (exact) mass is 529 g/mol. The first kappa shape index (κ1) is 23.9. The molecule has 174 valence electrons. The molecular formula is C26H28BrNO4S. The maximum atomic E-state index is 13.2. The lowest BCUT2D eigenvalue weighted by atomic mass is 9.95. The first-order chi connectivity index (χ1) is 16.0. The van der Waals surface area contributed by atoms with E-state index in [0.717, 1.165) is 34.3 Å². The minimum atomic E-state index is -0.403. The molecule has 3 aromatic rings. The van der Waals surface area contributed by atoms with Crippen molar-refractivity contribution < 1.29 is 19.1 Å². The molecule has 7 heteroatoms. The molecule has 0 radical (unpaired) electrons. The number of carbonyl (C=O) groups excluding carboxylic acids is 2. The standard InChI is InChI=1S/C26H28BrNO4S/c1-3-31-26(30)25-20-14-24(32-17(2)29)21(27)15-22(20)28(18-10-6-4-7-11-18)23(25)16-33-19-12-8-5-9-13-19/h5,8-9,12-15,18H,3-4,6-7,10-11,16H2,1-2H3. The Bertz CT molecular complexity index is 1150. The van der Waals surface area contributed by atoms with Crippen molar-refractivity contribution in [2.24, 2.45) is 0 Å². The van der Waals surface area contributed by atoms with Crippen molar-refractivity contribution in [3.63, 3.8) is 0 Å². The smallest absolute Gasteiger partial charge is 0.340 e. The van der Waals surface area contributed by atoms with Gasteiger partial charge in [0.05, 0.1) is 22.2 Å². The number of hydrogen-bond donors (Lipinski definition) is 0. The lowest BCUT2D eigenvalue weighted by molar-refractivity contribution is -0.131. The van der Waals surface area contributed by atoms with E-state index in [1.54, 1.807) is 17.8 Å². The highest BCUT2D eigenvalue weighted by molar-refractivity contribution is 9.10. The number of hydrogen-bond acceptors (Lipinski definition) is 5. The molecule has 0 atom stereocenters. The van der Waals surface area contributed by atoms with E-state index in [9.17, 15) is 9.59 Å². The lowest BCUT2D eigenvalue weighted by Crippen LogP contribution is -2.16. The Balaban J connectivity index is 1.91. The lowest BCUT2D eigenvalue weighted by Gasteiger charge is -2.27. The maximum absolute atomic E-state index is 13.2. The molecule has 5 nitrogen and oxygen atoms in total. The highest BCUT2D eigenvalue weighted by Crippen LogP contribution is 2.42. The van der Waals surface area contributed by atoms with Crippen LogP contribution < -0.4 is 4.74 Å². The number of carbonyl (C=O) groups is 2. The number of ether oxygens (including phenoxy) is 2. The largest absolute Gasteiger partial charge is 0.462 e. The molecule has 33 heavy (non-hydrogen) atoms. The maximum Gasteiger partial charge on any atom is 0.340 e. The highest BCUT2D eigenvalue weighted by atomic mass is 79.9. The second-order valence-electron chi connectivity index (χ2n) is 8.20. The van der Waals surface area contributed by atoms with E-state index in [4.69, 9.17) is 9.47 Å². The summed E-state index contributed by atoms with van der Waals surface area (Å²) in [6.07, 6.45) is 5.76. The van der Waals surface area contributed by atoms with Gasteiger partial charge in [-0.3, -0.25) is 4.79 Å². The van der Waals surface area contributed by atoms with Gasteiger partial charge in [0.2, 0.25) is 0 Å². The number of benzene rings is 2. The topological polar surface area (TPSA) is 57.5 Å². The Labute approximate surface area is 207 Å². The second kappa shape index (κ2) is 10.8. The number of thioether (sulfide) groups is 1. The molecule has 1 aliphatic carbocycles. The van der Waals surface area contributed by atoms with Crippen molar-refractivity contribution in [2.45, 2.75) is 62.6 Å². The Morgan fingerprint density at radius 1 is 1.12 bits per heavy atom. The quantitative estimate of drug-likeness (QED) is 0.182. The molecule has 1 fully saturated rings. The molecule has 0 N–H and O–H groups in total. The van der Waals surface area contributed by atoms with Gasteiger partial charge in [0.1, 0.15) is 5.75 Å². The highest BCUT2D eigenvalue weighted by Gasteiger charge is 2.29. The molecule has 0 amide bonds. The minimum absolute atomic E-state index is 0.299. The Morgan fingerprint density at radius 2 is 1.85 bits per heavy atom. The summed E-state index contributed by atoms with van der Waals surface area (Å²) >= 11 is 5.28. The summed E-state index contributed by atoms with van der Waals surface area (Å²) in [4.78, 5) is 26.0. The molecule has 2 aromatic carbocycles. The normalized spacial score (nSPS) is 14.4. The zero-order valence-electron chi connectivity index (χ0n) is 18.9. The third kappa shape index (κ3) is 5.30. The number of aromatic nitrogens is 1. The van der Waals surface area contributed by atoms with Crippen LogP contribution in [0.5, 0.6) is 5.75 Å². The molecule has 0 saturated heterocycles. The van der Waals surface area contributed by atoms with Crippen molar-refractivity contribution in [2.75, 3.05) is 6.61 Å². The third-order valence-electron chi connectivity index (χ3n) is 5.95. The van der Waals surface area contributed by atoms with E-state index in [1.807, 2.05) is 31.2 Å². The van der Waals surface area contributed by atoms with Gasteiger partial charge in [-0.05, 0) is 60.0 Å². The van der Waals surface area contributed by atoms with Gasteiger partial charge in [0.25, 0.3) is 0 Å². The first-order valence-corrected chi connectivity index (χ1v) is 13.2. The Kier molecular flexibility index (Phi) is 7.81. The van der Waals surface area contributed by atoms with Gasteiger partial charge in [-0.15, -0.1) is 11.8 Å². The predicted molar refractivity (Wildman–Crippen MR) is 135 cm³/mol. The van der Waals surface area contributed by atoms with Gasteiger partial charge >= 0.3 is 11.9 Å². The summed E-state index contributed by atoms with van der Waals surface area (Å²) in [5, 5.41) is 0.766. The van der Waals surface area contributed by atoms with Crippen LogP contribution in [0.1, 0.15) is 68.0 Å². The molecule has 0 bridgehead atoms. The molecular weight excluding hydrogens is 502 g/mol. The molecule has 1 aromatic heterocycles. The van der Waals surface area contributed by atoms with E-state index >= 15 is 0 Å². The SMILES string of the molecule is CCOC(=O)c1c(CSc2ccccc2)n(C2CCCCC2)c2cc(Br)c(OC(C)=O)cc12. The summed E-state index contributed by atoms with van der Waals surface area (Å²) in [5.74, 6) is 0.309. The molecule has 0 aliphatic heterocycles. The van der Waals surface area contributed by atoms with Crippen LogP contribution in [-0.2, 0) is 15.3 Å². The van der Waals surface area contributed by atoms with Gasteiger partial charge in [-0.2, -0.15) is 0 Å². The average Bonchev–Trinajstić information content (AvgIpc) is 3.12. The number of rotatable bonds is 7. The van der Waals surface area contributed by atoms with Crippen LogP contribution in [0.2, 0.25) is 0 Å². The van der Waals surface area contributed by atoms with Gasteiger partial charge in [0.15, 0.2) is 0 Å². The van der Waals surface area contributed by atoms with Crippen LogP contribution in [0.25, 0.3) is 10.9 Å².